The molecule has 106 valence electrons. The van der Waals surface area contributed by atoms with Gasteiger partial charge in [0.05, 0.1) is 12.7 Å². The maximum atomic E-state index is 11.7. The second-order valence-electron chi connectivity index (χ2n) is 5.05. The fraction of sp³-hybridized carbons (Fsp3) is 0.500. The summed E-state index contributed by atoms with van der Waals surface area (Å²) in [5.41, 5.74) is -0.285. The number of rotatable bonds is 5. The third kappa shape index (κ3) is 4.79. The van der Waals surface area contributed by atoms with E-state index in [0.717, 1.165) is 0 Å². The average molecular weight is 266 g/mol. The van der Waals surface area contributed by atoms with Crippen LogP contribution in [0.15, 0.2) is 24.3 Å². The standard InChI is InChI=1S/C14H22N2O3/c1-10(2)14(3,18)9-15-13(17)16-11-6-5-7-12(8-11)19-4/h5-8,10,18H,9H2,1-4H3,(H2,15,16,17). The zero-order chi connectivity index (χ0) is 14.5. The summed E-state index contributed by atoms with van der Waals surface area (Å²) in [7, 11) is 1.57. The van der Waals surface area contributed by atoms with Crippen molar-refractivity contribution in [2.45, 2.75) is 26.4 Å². The number of aliphatic hydroxyl groups is 1. The van der Waals surface area contributed by atoms with Crippen LogP contribution in [0.2, 0.25) is 0 Å². The summed E-state index contributed by atoms with van der Waals surface area (Å²) in [5.74, 6) is 0.733. The van der Waals surface area contributed by atoms with Crippen LogP contribution in [0.4, 0.5) is 10.5 Å². The van der Waals surface area contributed by atoms with Gasteiger partial charge < -0.3 is 20.5 Å². The molecule has 2 amide bonds. The van der Waals surface area contributed by atoms with Crippen molar-refractivity contribution in [3.63, 3.8) is 0 Å². The van der Waals surface area contributed by atoms with Crippen LogP contribution in [0, 0.1) is 5.92 Å². The van der Waals surface area contributed by atoms with Crippen molar-refractivity contribution in [3.05, 3.63) is 24.3 Å². The molecule has 0 heterocycles. The number of urea groups is 1. The maximum Gasteiger partial charge on any atom is 0.319 e. The molecule has 19 heavy (non-hydrogen) atoms. The SMILES string of the molecule is COc1cccc(NC(=O)NCC(C)(O)C(C)C)c1. The summed E-state index contributed by atoms with van der Waals surface area (Å²) in [6.45, 7) is 5.70. The van der Waals surface area contributed by atoms with Gasteiger partial charge in [0, 0.05) is 18.3 Å². The fourth-order valence-corrected chi connectivity index (χ4v) is 1.34. The Labute approximate surface area is 114 Å². The zero-order valence-corrected chi connectivity index (χ0v) is 11.9. The van der Waals surface area contributed by atoms with E-state index < -0.39 is 5.60 Å². The number of methoxy groups -OCH3 is 1. The number of ether oxygens (including phenoxy) is 1. The molecule has 0 bridgehead atoms. The molecule has 1 atom stereocenters. The second-order valence-corrected chi connectivity index (χ2v) is 5.05. The number of hydrogen-bond donors (Lipinski definition) is 3. The predicted molar refractivity (Wildman–Crippen MR) is 75.5 cm³/mol. The van der Waals surface area contributed by atoms with Gasteiger partial charge in [0.1, 0.15) is 5.75 Å². The van der Waals surface area contributed by atoms with E-state index in [1.807, 2.05) is 13.8 Å². The monoisotopic (exact) mass is 266 g/mol. The lowest BCUT2D eigenvalue weighted by molar-refractivity contribution is 0.0170. The van der Waals surface area contributed by atoms with Gasteiger partial charge in [-0.2, -0.15) is 0 Å². The molecule has 0 saturated carbocycles. The predicted octanol–water partition coefficient (Wildman–Crippen LogP) is 2.22. The van der Waals surface area contributed by atoms with E-state index in [0.29, 0.717) is 11.4 Å². The van der Waals surface area contributed by atoms with Gasteiger partial charge in [-0.3, -0.25) is 0 Å². The largest absolute Gasteiger partial charge is 0.497 e. The van der Waals surface area contributed by atoms with Gasteiger partial charge in [0.2, 0.25) is 0 Å². The summed E-state index contributed by atoms with van der Waals surface area (Å²) < 4.78 is 5.07. The van der Waals surface area contributed by atoms with Gasteiger partial charge in [-0.15, -0.1) is 0 Å². The number of hydrogen-bond acceptors (Lipinski definition) is 3. The lowest BCUT2D eigenvalue weighted by Gasteiger charge is -2.27. The van der Waals surface area contributed by atoms with Crippen molar-refractivity contribution in [1.82, 2.24) is 5.32 Å². The van der Waals surface area contributed by atoms with E-state index in [1.54, 1.807) is 38.3 Å². The summed E-state index contributed by atoms with van der Waals surface area (Å²) in [6.07, 6.45) is 0. The quantitative estimate of drug-likeness (QED) is 0.765. The minimum absolute atomic E-state index is 0.0598. The van der Waals surface area contributed by atoms with Crippen LogP contribution >= 0.6 is 0 Å². The van der Waals surface area contributed by atoms with Gasteiger partial charge in [0.25, 0.3) is 0 Å². The molecule has 0 fully saturated rings. The minimum atomic E-state index is -0.925. The van der Waals surface area contributed by atoms with Crippen LogP contribution < -0.4 is 15.4 Å². The highest BCUT2D eigenvalue weighted by atomic mass is 16.5. The third-order valence-electron chi connectivity index (χ3n) is 3.18. The van der Waals surface area contributed by atoms with Crippen molar-refractivity contribution in [3.8, 4) is 5.75 Å². The molecule has 0 saturated heterocycles. The number of benzene rings is 1. The second kappa shape index (κ2) is 6.43. The molecular formula is C14H22N2O3. The molecular weight excluding hydrogens is 244 g/mol. The molecule has 5 nitrogen and oxygen atoms in total. The first-order chi connectivity index (χ1) is 8.85. The highest BCUT2D eigenvalue weighted by Crippen LogP contribution is 2.17. The van der Waals surface area contributed by atoms with Crippen LogP contribution in [0.25, 0.3) is 0 Å². The lowest BCUT2D eigenvalue weighted by Crippen LogP contribution is -2.45. The van der Waals surface area contributed by atoms with Gasteiger partial charge in [-0.05, 0) is 25.0 Å². The minimum Gasteiger partial charge on any atom is -0.497 e. The van der Waals surface area contributed by atoms with Crippen molar-refractivity contribution in [2.24, 2.45) is 5.92 Å². The van der Waals surface area contributed by atoms with E-state index in [-0.39, 0.29) is 18.5 Å². The van der Waals surface area contributed by atoms with Crippen molar-refractivity contribution >= 4 is 11.7 Å². The Morgan fingerprint density at radius 3 is 2.74 bits per heavy atom. The van der Waals surface area contributed by atoms with E-state index in [4.69, 9.17) is 4.74 Å². The summed E-state index contributed by atoms with van der Waals surface area (Å²) >= 11 is 0. The Hall–Kier alpha value is -1.75. The molecule has 0 aliphatic carbocycles. The molecule has 1 unspecified atom stereocenters. The molecule has 5 heteroatoms. The molecule has 1 aromatic rings. The smallest absolute Gasteiger partial charge is 0.319 e. The first-order valence-electron chi connectivity index (χ1n) is 6.26. The highest BCUT2D eigenvalue weighted by Gasteiger charge is 2.25. The van der Waals surface area contributed by atoms with E-state index in [2.05, 4.69) is 10.6 Å². The Balaban J connectivity index is 2.51. The number of anilines is 1. The first-order valence-corrected chi connectivity index (χ1v) is 6.26. The topological polar surface area (TPSA) is 70.6 Å². The van der Waals surface area contributed by atoms with E-state index in [1.165, 1.54) is 0 Å². The molecule has 1 rings (SSSR count). The van der Waals surface area contributed by atoms with E-state index in [9.17, 15) is 9.90 Å². The normalized spacial score (nSPS) is 13.8. The third-order valence-corrected chi connectivity index (χ3v) is 3.18. The number of amides is 2. The molecule has 0 radical (unpaired) electrons. The Morgan fingerprint density at radius 2 is 2.16 bits per heavy atom. The summed E-state index contributed by atoms with van der Waals surface area (Å²) in [6, 6.07) is 6.72. The molecule has 3 N–H and O–H groups in total. The Bertz CT molecular complexity index is 430. The van der Waals surface area contributed by atoms with Crippen LogP contribution in [-0.2, 0) is 0 Å². The van der Waals surface area contributed by atoms with Crippen molar-refractivity contribution in [1.29, 1.82) is 0 Å². The number of carbonyl (C=O) groups is 1. The molecule has 0 spiro atoms. The maximum absolute atomic E-state index is 11.7. The average Bonchev–Trinajstić information content (AvgIpc) is 2.36. The summed E-state index contributed by atoms with van der Waals surface area (Å²) in [5, 5.41) is 15.4. The van der Waals surface area contributed by atoms with Gasteiger partial charge in [-0.25, -0.2) is 4.79 Å². The van der Waals surface area contributed by atoms with Crippen molar-refractivity contribution < 1.29 is 14.6 Å². The Morgan fingerprint density at radius 1 is 1.47 bits per heavy atom. The van der Waals surface area contributed by atoms with Crippen LogP contribution in [0.3, 0.4) is 0 Å². The molecule has 0 aliphatic rings. The van der Waals surface area contributed by atoms with Gasteiger partial charge in [0.15, 0.2) is 0 Å². The molecule has 0 aliphatic heterocycles. The van der Waals surface area contributed by atoms with Crippen LogP contribution in [0.1, 0.15) is 20.8 Å². The lowest BCUT2D eigenvalue weighted by atomic mass is 9.93. The fourth-order valence-electron chi connectivity index (χ4n) is 1.34. The van der Waals surface area contributed by atoms with Crippen molar-refractivity contribution in [2.75, 3.05) is 19.0 Å². The van der Waals surface area contributed by atoms with Gasteiger partial charge in [-0.1, -0.05) is 19.9 Å². The highest BCUT2D eigenvalue weighted by molar-refractivity contribution is 5.89. The van der Waals surface area contributed by atoms with Crippen LogP contribution in [0.5, 0.6) is 5.75 Å². The summed E-state index contributed by atoms with van der Waals surface area (Å²) in [4.78, 5) is 11.7. The van der Waals surface area contributed by atoms with Crippen LogP contribution in [-0.4, -0.2) is 30.4 Å². The first kappa shape index (κ1) is 15.3. The zero-order valence-electron chi connectivity index (χ0n) is 11.9. The number of carbonyl (C=O) groups excluding carboxylic acids is 1. The number of nitrogens with one attached hydrogen (secondary N) is 2. The molecule has 1 aromatic carbocycles. The van der Waals surface area contributed by atoms with Gasteiger partial charge >= 0.3 is 6.03 Å². The molecule has 0 aromatic heterocycles. The van der Waals surface area contributed by atoms with E-state index >= 15 is 0 Å². The Kier molecular flexibility index (Phi) is 5.18.